The van der Waals surface area contributed by atoms with Crippen LogP contribution in [0.5, 0.6) is 0 Å². The normalized spacial score (nSPS) is 11.5. The number of Topliss-reactive ketones (excluding diaryl/α,β-unsaturated/α-hetero) is 1. The molecule has 0 fully saturated rings. The Kier molecular flexibility index (Phi) is 4.03. The molecule has 1 aromatic heterocycles. The zero-order valence-corrected chi connectivity index (χ0v) is 12.4. The molecule has 0 bridgehead atoms. The maximum atomic E-state index is 13.1. The van der Waals surface area contributed by atoms with Crippen molar-refractivity contribution >= 4 is 28.3 Å². The van der Waals surface area contributed by atoms with Crippen molar-refractivity contribution < 1.29 is 27.2 Å². The molecule has 3 aromatic rings. The number of rotatable bonds is 3. The lowest BCUT2D eigenvalue weighted by atomic mass is 10.1. The van der Waals surface area contributed by atoms with E-state index < -0.39 is 29.2 Å². The average Bonchev–Trinajstić information content (AvgIpc) is 2.96. The molecule has 3 rings (SSSR count). The van der Waals surface area contributed by atoms with E-state index in [1.54, 1.807) is 0 Å². The zero-order chi connectivity index (χ0) is 18.2. The highest BCUT2D eigenvalue weighted by atomic mass is 19.4. The van der Waals surface area contributed by atoms with Crippen LogP contribution >= 0.6 is 0 Å². The first-order valence-electron chi connectivity index (χ1n) is 7.05. The van der Waals surface area contributed by atoms with Crippen LogP contribution in [0.25, 0.3) is 10.9 Å². The first-order valence-corrected chi connectivity index (χ1v) is 7.05. The summed E-state index contributed by atoms with van der Waals surface area (Å²) in [5.41, 5.74) is -0.419. The Labute approximate surface area is 138 Å². The highest BCUT2D eigenvalue weighted by Gasteiger charge is 2.30. The van der Waals surface area contributed by atoms with Gasteiger partial charge in [0.25, 0.3) is 11.7 Å². The Morgan fingerprint density at radius 1 is 1.00 bits per heavy atom. The zero-order valence-electron chi connectivity index (χ0n) is 12.4. The average molecular weight is 350 g/mol. The number of hydrogen-bond acceptors (Lipinski definition) is 2. The summed E-state index contributed by atoms with van der Waals surface area (Å²) in [6.45, 7) is 0. The fraction of sp³-hybridized carbons (Fsp3) is 0.0588. The van der Waals surface area contributed by atoms with E-state index in [1.807, 2.05) is 0 Å². The molecule has 2 N–H and O–H groups in total. The number of anilines is 1. The Morgan fingerprint density at radius 2 is 1.68 bits per heavy atom. The van der Waals surface area contributed by atoms with Gasteiger partial charge in [0.2, 0.25) is 0 Å². The van der Waals surface area contributed by atoms with Crippen molar-refractivity contribution in [3.63, 3.8) is 0 Å². The highest BCUT2D eigenvalue weighted by Crippen LogP contribution is 2.30. The molecule has 0 atom stereocenters. The third kappa shape index (κ3) is 3.37. The lowest BCUT2D eigenvalue weighted by molar-refractivity contribution is -0.137. The van der Waals surface area contributed by atoms with Crippen molar-refractivity contribution in [2.45, 2.75) is 6.18 Å². The van der Waals surface area contributed by atoms with E-state index in [0.717, 1.165) is 30.3 Å². The minimum atomic E-state index is -4.49. The second-order valence-electron chi connectivity index (χ2n) is 5.25. The maximum Gasteiger partial charge on any atom is 0.416 e. The number of halogens is 4. The molecule has 0 aliphatic carbocycles. The van der Waals surface area contributed by atoms with Crippen molar-refractivity contribution in [3.8, 4) is 0 Å². The maximum absolute atomic E-state index is 13.1. The first kappa shape index (κ1) is 16.7. The Bertz CT molecular complexity index is 959. The van der Waals surface area contributed by atoms with Crippen LogP contribution in [-0.4, -0.2) is 16.7 Å². The Hall–Kier alpha value is -3.16. The number of alkyl halides is 3. The van der Waals surface area contributed by atoms with Gasteiger partial charge in [0, 0.05) is 22.8 Å². The quantitative estimate of drug-likeness (QED) is 0.424. The predicted molar refractivity (Wildman–Crippen MR) is 82.7 cm³/mol. The molecule has 1 amide bonds. The van der Waals surface area contributed by atoms with Crippen molar-refractivity contribution in [2.75, 3.05) is 5.32 Å². The van der Waals surface area contributed by atoms with E-state index in [9.17, 15) is 27.2 Å². The van der Waals surface area contributed by atoms with Crippen molar-refractivity contribution in [1.29, 1.82) is 0 Å². The number of aromatic amines is 1. The van der Waals surface area contributed by atoms with Gasteiger partial charge in [-0.2, -0.15) is 13.2 Å². The number of nitrogens with one attached hydrogen (secondary N) is 2. The van der Waals surface area contributed by atoms with Crippen LogP contribution in [0.1, 0.15) is 15.9 Å². The van der Waals surface area contributed by atoms with Crippen molar-refractivity contribution in [1.82, 2.24) is 4.98 Å². The van der Waals surface area contributed by atoms with Gasteiger partial charge in [-0.1, -0.05) is 0 Å². The van der Waals surface area contributed by atoms with Crippen molar-refractivity contribution in [3.05, 3.63) is 65.6 Å². The lowest BCUT2D eigenvalue weighted by Crippen LogP contribution is -2.22. The van der Waals surface area contributed by atoms with Crippen LogP contribution in [0.2, 0.25) is 0 Å². The standard InChI is InChI=1S/C17H10F4N2O2/c18-10-3-6-12-13(8-22-14(12)7-10)15(24)16(25)23-11-4-1-9(2-5-11)17(19,20)21/h1-8,22H,(H,23,25). The summed E-state index contributed by atoms with van der Waals surface area (Å²) < 4.78 is 50.6. The molecule has 0 unspecified atom stereocenters. The second-order valence-corrected chi connectivity index (χ2v) is 5.25. The molecule has 0 radical (unpaired) electrons. The van der Waals surface area contributed by atoms with E-state index in [1.165, 1.54) is 18.3 Å². The number of fused-ring (bicyclic) bond motifs is 1. The number of amides is 1. The number of H-pyrrole nitrogens is 1. The fourth-order valence-corrected chi connectivity index (χ4v) is 2.34. The van der Waals surface area contributed by atoms with E-state index in [-0.39, 0.29) is 11.3 Å². The monoisotopic (exact) mass is 350 g/mol. The van der Waals surface area contributed by atoms with Crippen LogP contribution in [0.4, 0.5) is 23.2 Å². The Balaban J connectivity index is 1.79. The largest absolute Gasteiger partial charge is 0.416 e. The number of hydrogen-bond donors (Lipinski definition) is 2. The third-order valence-electron chi connectivity index (χ3n) is 3.56. The minimum absolute atomic E-state index is 0.0411. The van der Waals surface area contributed by atoms with Crippen LogP contribution in [-0.2, 0) is 11.0 Å². The van der Waals surface area contributed by atoms with E-state index in [4.69, 9.17) is 0 Å². The van der Waals surface area contributed by atoms with Crippen molar-refractivity contribution in [2.24, 2.45) is 0 Å². The molecule has 0 saturated carbocycles. The van der Waals surface area contributed by atoms with E-state index in [0.29, 0.717) is 10.9 Å². The van der Waals surface area contributed by atoms with Gasteiger partial charge in [-0.3, -0.25) is 9.59 Å². The number of benzene rings is 2. The van der Waals surface area contributed by atoms with Crippen LogP contribution in [0.3, 0.4) is 0 Å². The summed E-state index contributed by atoms with van der Waals surface area (Å²) in [5, 5.41) is 2.61. The Morgan fingerprint density at radius 3 is 2.32 bits per heavy atom. The highest BCUT2D eigenvalue weighted by molar-refractivity contribution is 6.48. The SMILES string of the molecule is O=C(Nc1ccc(C(F)(F)F)cc1)C(=O)c1c[nH]c2cc(F)ccc12. The molecule has 25 heavy (non-hydrogen) atoms. The molecular formula is C17H10F4N2O2. The molecule has 0 saturated heterocycles. The molecular weight excluding hydrogens is 340 g/mol. The summed E-state index contributed by atoms with van der Waals surface area (Å²) in [6.07, 6.45) is -3.21. The smallest absolute Gasteiger partial charge is 0.360 e. The molecule has 128 valence electrons. The minimum Gasteiger partial charge on any atom is -0.360 e. The van der Waals surface area contributed by atoms with Crippen LogP contribution in [0.15, 0.2) is 48.7 Å². The molecule has 4 nitrogen and oxygen atoms in total. The number of carbonyl (C=O) groups is 2. The van der Waals surface area contributed by atoms with Gasteiger partial charge in [-0.25, -0.2) is 4.39 Å². The lowest BCUT2D eigenvalue weighted by Gasteiger charge is -2.08. The summed E-state index contributed by atoms with van der Waals surface area (Å²) in [7, 11) is 0. The van der Waals surface area contributed by atoms with Gasteiger partial charge in [0.15, 0.2) is 0 Å². The first-order chi connectivity index (χ1) is 11.8. The number of ketones is 1. The predicted octanol–water partition coefficient (Wildman–Crippen LogP) is 4.15. The third-order valence-corrected chi connectivity index (χ3v) is 3.56. The number of carbonyl (C=O) groups excluding carboxylic acids is 2. The number of aromatic nitrogens is 1. The summed E-state index contributed by atoms with van der Waals surface area (Å²) in [4.78, 5) is 26.9. The van der Waals surface area contributed by atoms with Gasteiger partial charge in [-0.15, -0.1) is 0 Å². The van der Waals surface area contributed by atoms with Gasteiger partial charge in [-0.05, 0) is 42.5 Å². The second kappa shape index (κ2) is 6.04. The van der Waals surface area contributed by atoms with E-state index >= 15 is 0 Å². The van der Waals surface area contributed by atoms with Crippen LogP contribution in [0, 0.1) is 5.82 Å². The van der Waals surface area contributed by atoms with Gasteiger partial charge in [0.1, 0.15) is 5.82 Å². The molecule has 8 heteroatoms. The van der Waals surface area contributed by atoms with Crippen LogP contribution < -0.4 is 5.32 Å². The summed E-state index contributed by atoms with van der Waals surface area (Å²) in [6, 6.07) is 7.40. The molecule has 2 aromatic carbocycles. The molecule has 0 aliphatic heterocycles. The summed E-state index contributed by atoms with van der Waals surface area (Å²) >= 11 is 0. The fourth-order valence-electron chi connectivity index (χ4n) is 2.34. The molecule has 0 aliphatic rings. The van der Waals surface area contributed by atoms with E-state index in [2.05, 4.69) is 10.3 Å². The van der Waals surface area contributed by atoms with Gasteiger partial charge >= 0.3 is 6.18 Å². The molecule has 1 heterocycles. The molecule has 0 spiro atoms. The summed E-state index contributed by atoms with van der Waals surface area (Å²) in [5.74, 6) is -2.40. The van der Waals surface area contributed by atoms with Gasteiger partial charge in [0.05, 0.1) is 11.1 Å². The van der Waals surface area contributed by atoms with Gasteiger partial charge < -0.3 is 10.3 Å². The topological polar surface area (TPSA) is 62.0 Å².